The van der Waals surface area contributed by atoms with Gasteiger partial charge in [-0.15, -0.1) is 0 Å². The van der Waals surface area contributed by atoms with E-state index in [4.69, 9.17) is 0 Å². The van der Waals surface area contributed by atoms with Crippen molar-refractivity contribution in [2.75, 3.05) is 0 Å². The molecule has 0 fully saturated rings. The van der Waals surface area contributed by atoms with Crippen LogP contribution in [0.4, 0.5) is 13.2 Å². The predicted molar refractivity (Wildman–Crippen MR) is 47.8 cm³/mol. The maximum atomic E-state index is 12.5. The van der Waals surface area contributed by atoms with Gasteiger partial charge in [0.05, 0.1) is 0 Å². The van der Waals surface area contributed by atoms with Gasteiger partial charge >= 0.3 is 81.3 Å². The zero-order chi connectivity index (χ0) is 9.47. The van der Waals surface area contributed by atoms with Crippen LogP contribution in [0.3, 0.4) is 0 Å². The Hall–Kier alpha value is -0.200. The van der Waals surface area contributed by atoms with E-state index in [9.17, 15) is 13.2 Å². The van der Waals surface area contributed by atoms with Gasteiger partial charge in [0.1, 0.15) is 0 Å². The molecule has 1 aliphatic rings. The van der Waals surface area contributed by atoms with Crippen LogP contribution in [0, 0.1) is 0 Å². The zero-order valence-electron chi connectivity index (χ0n) is 6.80. The molecule has 0 saturated carbocycles. The fourth-order valence-corrected chi connectivity index (χ4v) is 7.40. The molecule has 1 unspecified atom stereocenters. The molecule has 1 aromatic rings. The van der Waals surface area contributed by atoms with Crippen LogP contribution < -0.4 is 3.61 Å². The Morgan fingerprint density at radius 3 is 2.54 bits per heavy atom. The quantitative estimate of drug-likeness (QED) is 0.641. The normalized spacial score (nSPS) is 24.4. The second-order valence-electron chi connectivity index (χ2n) is 3.00. The Bertz CT molecular complexity index is 319. The summed E-state index contributed by atoms with van der Waals surface area (Å²) in [5.41, 5.74) is 0.933. The number of halogens is 3. The van der Waals surface area contributed by atoms with E-state index < -0.39 is 23.8 Å². The van der Waals surface area contributed by atoms with Crippen molar-refractivity contribution in [3.63, 3.8) is 0 Å². The average molecular weight is 302 g/mol. The van der Waals surface area contributed by atoms with Crippen LogP contribution in [0.1, 0.15) is 5.56 Å². The molecule has 0 bridgehead atoms. The van der Waals surface area contributed by atoms with Crippen LogP contribution in [-0.2, 0) is 6.42 Å². The summed E-state index contributed by atoms with van der Waals surface area (Å²) in [7, 11) is 0. The minimum atomic E-state index is -3.89. The molecule has 72 valence electrons. The molecule has 13 heavy (non-hydrogen) atoms. The molecule has 0 amide bonds. The summed E-state index contributed by atoms with van der Waals surface area (Å²) in [5, 5.41) is 0. The second-order valence-corrected chi connectivity index (χ2v) is 9.54. The number of rotatable bonds is 0. The van der Waals surface area contributed by atoms with Gasteiger partial charge in [-0.05, 0) is 0 Å². The van der Waals surface area contributed by atoms with Crippen molar-refractivity contribution >= 4 is 23.2 Å². The molecule has 2 rings (SSSR count). The third-order valence-electron chi connectivity index (χ3n) is 2.19. The molecular weight excluding hydrogens is 293 g/mol. The molecule has 0 spiro atoms. The molecule has 0 aromatic heterocycles. The average Bonchev–Trinajstić information content (AvgIpc) is 2.45. The van der Waals surface area contributed by atoms with Crippen LogP contribution in [0.15, 0.2) is 24.3 Å². The molecule has 0 aliphatic carbocycles. The van der Waals surface area contributed by atoms with Crippen LogP contribution >= 0.6 is 0 Å². The molecule has 0 radical (unpaired) electrons. The Kier molecular flexibility index (Phi) is 2.29. The summed E-state index contributed by atoms with van der Waals surface area (Å²) in [5.74, 6) is 0. The summed E-state index contributed by atoms with van der Waals surface area (Å²) in [6.07, 6.45) is 0.637. The molecule has 0 nitrogen and oxygen atoms in total. The van der Waals surface area contributed by atoms with Gasteiger partial charge in [0.2, 0.25) is 0 Å². The Morgan fingerprint density at radius 1 is 1.15 bits per heavy atom. The Balaban J connectivity index is 2.39. The van der Waals surface area contributed by atoms with Gasteiger partial charge in [0.25, 0.3) is 0 Å². The van der Waals surface area contributed by atoms with Gasteiger partial charge in [-0.25, -0.2) is 0 Å². The van der Waals surface area contributed by atoms with Gasteiger partial charge in [0.15, 0.2) is 0 Å². The molecule has 0 N–H and O–H groups in total. The van der Waals surface area contributed by atoms with E-state index in [0.29, 0.717) is 14.5 Å². The third kappa shape index (κ3) is 1.70. The summed E-state index contributed by atoms with van der Waals surface area (Å²) in [6, 6.07) is 7.02. The van der Waals surface area contributed by atoms with Crippen LogP contribution in [0.5, 0.6) is 0 Å². The van der Waals surface area contributed by atoms with Crippen LogP contribution in [0.2, 0.25) is 4.47 Å². The Labute approximate surface area is 81.4 Å². The van der Waals surface area contributed by atoms with E-state index in [1.807, 2.05) is 12.1 Å². The topological polar surface area (TPSA) is 0 Å². The first kappa shape index (κ1) is 9.36. The van der Waals surface area contributed by atoms with Crippen LogP contribution in [-0.4, -0.2) is 23.8 Å². The molecule has 0 saturated heterocycles. The fraction of sp³-hybridized carbons (Fsp3) is 0.333. The first-order valence-corrected chi connectivity index (χ1v) is 8.37. The molecular formula is C9H9F3Te. The van der Waals surface area contributed by atoms with Gasteiger partial charge in [-0.1, -0.05) is 0 Å². The summed E-state index contributed by atoms with van der Waals surface area (Å²) >= 11 is -3.13. The second kappa shape index (κ2) is 3.18. The van der Waals surface area contributed by atoms with Crippen molar-refractivity contribution in [1.82, 2.24) is 0 Å². The zero-order valence-corrected chi connectivity index (χ0v) is 9.36. The summed E-state index contributed by atoms with van der Waals surface area (Å²) in [6.45, 7) is 0. The first-order valence-electron chi connectivity index (χ1n) is 4.01. The van der Waals surface area contributed by atoms with Gasteiger partial charge in [-0.3, -0.25) is 0 Å². The fourth-order valence-electron chi connectivity index (χ4n) is 1.60. The van der Waals surface area contributed by atoms with Crippen molar-refractivity contribution < 1.29 is 13.2 Å². The van der Waals surface area contributed by atoms with Gasteiger partial charge in [-0.2, -0.15) is 0 Å². The summed E-state index contributed by atoms with van der Waals surface area (Å²) < 4.78 is 34.7. The molecule has 1 aromatic carbocycles. The molecule has 1 aliphatic heterocycles. The van der Waals surface area contributed by atoms with Gasteiger partial charge < -0.3 is 0 Å². The number of aryl methyl sites for hydroxylation is 1. The standard InChI is InChI=1S/C9H9F3Te/c10-9(11,12)13-6-5-7-3-1-2-4-8(7)13/h1-4,13H,5-6H2. The number of fused-ring (bicyclic) bond motifs is 1. The van der Waals surface area contributed by atoms with Crippen molar-refractivity contribution in [3.05, 3.63) is 29.8 Å². The van der Waals surface area contributed by atoms with E-state index >= 15 is 0 Å². The van der Waals surface area contributed by atoms with Crippen molar-refractivity contribution in [2.24, 2.45) is 0 Å². The van der Waals surface area contributed by atoms with Crippen LogP contribution in [0.25, 0.3) is 0 Å². The predicted octanol–water partition coefficient (Wildman–Crippen LogP) is 1.78. The van der Waals surface area contributed by atoms with E-state index in [2.05, 4.69) is 0 Å². The van der Waals surface area contributed by atoms with Crippen molar-refractivity contribution in [3.8, 4) is 0 Å². The third-order valence-corrected chi connectivity index (χ3v) is 8.76. The summed E-state index contributed by atoms with van der Waals surface area (Å²) in [4.78, 5) is 0. The van der Waals surface area contributed by atoms with E-state index in [-0.39, 0.29) is 0 Å². The Morgan fingerprint density at radius 2 is 1.85 bits per heavy atom. The molecule has 4 heteroatoms. The van der Waals surface area contributed by atoms with E-state index in [1.165, 1.54) is 0 Å². The van der Waals surface area contributed by atoms with Gasteiger partial charge in [0, 0.05) is 0 Å². The maximum absolute atomic E-state index is 12.5. The first-order chi connectivity index (χ1) is 6.09. The number of hydrogen-bond donors (Lipinski definition) is 0. The minimum absolute atomic E-state index is 0.394. The van der Waals surface area contributed by atoms with E-state index in [1.54, 1.807) is 12.1 Å². The monoisotopic (exact) mass is 304 g/mol. The number of alkyl halides is 3. The number of hydrogen-bond acceptors (Lipinski definition) is 0. The molecule has 1 atom stereocenters. The van der Waals surface area contributed by atoms with Crippen molar-refractivity contribution in [1.29, 1.82) is 0 Å². The van der Waals surface area contributed by atoms with Crippen molar-refractivity contribution in [2.45, 2.75) is 15.1 Å². The van der Waals surface area contributed by atoms with E-state index in [0.717, 1.165) is 5.56 Å². The number of benzene rings is 1. The SMILES string of the molecule is FC(F)(F)[TeH]1CCc2ccccc21. The molecule has 1 heterocycles.